The van der Waals surface area contributed by atoms with Gasteiger partial charge in [-0.3, -0.25) is 5.32 Å². The molecule has 0 atom stereocenters. The van der Waals surface area contributed by atoms with Crippen LogP contribution in [0.1, 0.15) is 41.5 Å². The lowest BCUT2D eigenvalue weighted by Crippen LogP contribution is -2.25. The Morgan fingerprint density at radius 2 is 1.71 bits per heavy atom. The van der Waals surface area contributed by atoms with E-state index < -0.39 is 0 Å². The van der Waals surface area contributed by atoms with Gasteiger partial charge in [0.05, 0.1) is 5.15 Å². The van der Waals surface area contributed by atoms with Crippen molar-refractivity contribution in [2.75, 3.05) is 5.32 Å². The summed E-state index contributed by atoms with van der Waals surface area (Å²) in [5.41, 5.74) is 0.410. The van der Waals surface area contributed by atoms with Crippen LogP contribution in [0.3, 0.4) is 0 Å². The lowest BCUT2D eigenvalue weighted by molar-refractivity contribution is 0.431. The fourth-order valence-electron chi connectivity index (χ4n) is 0.979. The molecule has 0 spiro atoms. The van der Waals surface area contributed by atoms with Crippen molar-refractivity contribution in [1.82, 2.24) is 4.33 Å². The Labute approximate surface area is 90.4 Å². The van der Waals surface area contributed by atoms with E-state index in [4.69, 9.17) is 0 Å². The second-order valence-corrected chi connectivity index (χ2v) is 7.93. The molecule has 4 heteroatoms. The van der Waals surface area contributed by atoms with Crippen molar-refractivity contribution in [3.05, 3.63) is 5.93 Å². The lowest BCUT2D eigenvalue weighted by Gasteiger charge is -2.21. The van der Waals surface area contributed by atoms with Crippen molar-refractivity contribution in [1.29, 1.82) is 0 Å². The lowest BCUT2D eigenvalue weighted by atomic mass is 10.1. The van der Waals surface area contributed by atoms with Crippen LogP contribution in [0.25, 0.3) is 0 Å². The molecule has 1 rings (SSSR count). The summed E-state index contributed by atoms with van der Waals surface area (Å²) in [4.78, 5) is 0. The van der Waals surface area contributed by atoms with Crippen LogP contribution in [-0.2, 0) is 5.54 Å². The summed E-state index contributed by atoms with van der Waals surface area (Å²) in [5, 5.41) is 4.92. The van der Waals surface area contributed by atoms with Crippen molar-refractivity contribution in [2.24, 2.45) is 0 Å². The van der Waals surface area contributed by atoms with Gasteiger partial charge in [0.2, 0.25) is 0 Å². The molecule has 0 aliphatic heterocycles. The van der Waals surface area contributed by atoms with E-state index in [9.17, 15) is 0 Å². The third kappa shape index (κ3) is 3.69. The van der Waals surface area contributed by atoms with Gasteiger partial charge in [0.15, 0.2) is 0 Å². The van der Waals surface area contributed by atoms with Gasteiger partial charge >= 0.3 is 0 Å². The zero-order chi connectivity index (χ0) is 11.0. The van der Waals surface area contributed by atoms with Crippen LogP contribution in [0.4, 0.5) is 5.15 Å². The first-order chi connectivity index (χ1) is 6.18. The molecule has 0 unspecified atom stereocenters. The Balaban J connectivity index is 2.79. The molecule has 0 fully saturated rings. The van der Waals surface area contributed by atoms with Gasteiger partial charge in [-0.1, -0.05) is 0 Å². The van der Waals surface area contributed by atoms with Gasteiger partial charge in [-0.25, -0.2) is 0 Å². The van der Waals surface area contributed by atoms with E-state index in [1.54, 1.807) is 0 Å². The molecule has 0 aliphatic rings. The smallest absolute Gasteiger partial charge is 0.0890 e. The van der Waals surface area contributed by atoms with E-state index >= 15 is 0 Å². The van der Waals surface area contributed by atoms with E-state index in [2.05, 4.69) is 57.1 Å². The van der Waals surface area contributed by atoms with Crippen molar-refractivity contribution in [3.8, 4) is 0 Å². The maximum Gasteiger partial charge on any atom is 0.0890 e. The molecule has 80 valence electrons. The van der Waals surface area contributed by atoms with E-state index in [1.165, 1.54) is 21.7 Å². The summed E-state index contributed by atoms with van der Waals surface area (Å²) in [6.07, 6.45) is 0. The average molecular weight is 230 g/mol. The van der Waals surface area contributed by atoms with Crippen LogP contribution in [-0.4, -0.2) is 9.87 Å². The fourth-order valence-corrected chi connectivity index (χ4v) is 3.85. The highest BCUT2D eigenvalue weighted by Crippen LogP contribution is 2.38. The number of hydrogen-bond acceptors (Lipinski definition) is 1. The Bertz CT molecular complexity index is 305. The Morgan fingerprint density at radius 3 is 2.07 bits per heavy atom. The molecular weight excluding hydrogens is 210 g/mol. The highest BCUT2D eigenvalue weighted by molar-refractivity contribution is 7.51. The topological polar surface area (TPSA) is 17.0 Å². The zero-order valence-corrected chi connectivity index (χ0v) is 11.7. The van der Waals surface area contributed by atoms with Gasteiger partial charge in [0, 0.05) is 25.4 Å². The highest BCUT2D eigenvalue weighted by atomic mass is 31.1. The van der Waals surface area contributed by atoms with Gasteiger partial charge in [0.25, 0.3) is 0 Å². The molecule has 1 aromatic rings. The quantitative estimate of drug-likeness (QED) is 0.745. The van der Waals surface area contributed by atoms with Crippen molar-refractivity contribution >= 4 is 21.7 Å². The van der Waals surface area contributed by atoms with Gasteiger partial charge < -0.3 is 4.33 Å². The highest BCUT2D eigenvalue weighted by Gasteiger charge is 2.16. The average Bonchev–Trinajstić information content (AvgIpc) is 2.29. The Hall–Kier alpha value is 0.1000. The maximum atomic E-state index is 3.54. The minimum Gasteiger partial charge on any atom is -0.320 e. The molecule has 2 nitrogen and oxygen atoms in total. The molecule has 0 saturated heterocycles. The summed E-state index contributed by atoms with van der Waals surface area (Å²) >= 11 is 0. The second kappa shape index (κ2) is 3.93. The van der Waals surface area contributed by atoms with Gasteiger partial charge in [-0.15, -0.1) is 0 Å². The fraction of sp³-hybridized carbons (Fsp3) is 0.800. The van der Waals surface area contributed by atoms with Crippen molar-refractivity contribution < 1.29 is 0 Å². The Kier molecular flexibility index (Phi) is 3.41. The first kappa shape index (κ1) is 12.2. The SMILES string of the molecule is CC(C)(C)Nc1pcn(C(C)(C)C)p1. The van der Waals surface area contributed by atoms with Crippen LogP contribution in [0, 0.1) is 0 Å². The molecule has 0 saturated carbocycles. The van der Waals surface area contributed by atoms with Gasteiger partial charge in [-0.2, -0.15) is 0 Å². The van der Waals surface area contributed by atoms with E-state index in [0.29, 0.717) is 0 Å². The molecule has 0 bridgehead atoms. The maximum absolute atomic E-state index is 3.54. The number of rotatable bonds is 1. The summed E-state index contributed by atoms with van der Waals surface area (Å²) < 4.78 is 2.36. The van der Waals surface area contributed by atoms with Crippen molar-refractivity contribution in [2.45, 2.75) is 52.6 Å². The zero-order valence-electron chi connectivity index (χ0n) is 9.92. The first-order valence-corrected chi connectivity index (χ1v) is 6.70. The molecule has 1 aromatic heterocycles. The van der Waals surface area contributed by atoms with Gasteiger partial charge in [0.1, 0.15) is 0 Å². The number of aromatic nitrogens is 1. The number of hydrogen-bond donors (Lipinski definition) is 1. The van der Waals surface area contributed by atoms with Crippen LogP contribution >= 0.6 is 16.5 Å². The molecule has 0 aliphatic carbocycles. The van der Waals surface area contributed by atoms with E-state index in [1.807, 2.05) is 0 Å². The molecule has 0 aromatic carbocycles. The Morgan fingerprint density at radius 1 is 1.14 bits per heavy atom. The summed E-state index contributed by atoms with van der Waals surface area (Å²) in [6.45, 7) is 13.3. The third-order valence-electron chi connectivity index (χ3n) is 1.67. The number of anilines is 1. The van der Waals surface area contributed by atoms with Crippen LogP contribution in [0.15, 0.2) is 5.93 Å². The number of nitrogens with one attached hydrogen (secondary N) is 1. The third-order valence-corrected chi connectivity index (χ3v) is 4.40. The largest absolute Gasteiger partial charge is 0.320 e. The molecule has 1 heterocycles. The molecular formula is C10H20N2P2. The molecule has 14 heavy (non-hydrogen) atoms. The van der Waals surface area contributed by atoms with Crippen LogP contribution in [0.2, 0.25) is 0 Å². The predicted octanol–water partition coefficient (Wildman–Crippen LogP) is 4.61. The minimum absolute atomic E-state index is 0.178. The molecule has 1 N–H and O–H groups in total. The number of nitrogens with zero attached hydrogens (tertiary/aromatic N) is 1. The monoisotopic (exact) mass is 230 g/mol. The first-order valence-electron chi connectivity index (χ1n) is 4.89. The second-order valence-electron chi connectivity index (χ2n) is 5.56. The van der Waals surface area contributed by atoms with Crippen molar-refractivity contribution in [3.63, 3.8) is 0 Å². The molecule has 0 amide bonds. The van der Waals surface area contributed by atoms with Gasteiger partial charge in [-0.05, 0) is 49.7 Å². The normalized spacial score (nSPS) is 14.4. The van der Waals surface area contributed by atoms with E-state index in [-0.39, 0.29) is 11.1 Å². The summed E-state index contributed by atoms with van der Waals surface area (Å²) in [5.74, 6) is 2.26. The predicted molar refractivity (Wildman–Crippen MR) is 67.8 cm³/mol. The minimum atomic E-state index is 0.178. The van der Waals surface area contributed by atoms with E-state index in [0.717, 1.165) is 0 Å². The molecule has 0 radical (unpaired) electrons. The standard InChI is InChI=1S/C10H20N2P2/c1-9(2,3)11-8-13-7-12(14-8)10(4,5)6/h7,11H,1-6H3. The van der Waals surface area contributed by atoms with Crippen LogP contribution < -0.4 is 5.32 Å². The van der Waals surface area contributed by atoms with Crippen LogP contribution in [0.5, 0.6) is 0 Å². The summed E-state index contributed by atoms with van der Waals surface area (Å²) in [6, 6.07) is 0. The summed E-state index contributed by atoms with van der Waals surface area (Å²) in [7, 11) is 2.61.